The van der Waals surface area contributed by atoms with E-state index in [1.807, 2.05) is 6.08 Å². The molecular formula is C24H32O3Si. The lowest BCUT2D eigenvalue weighted by atomic mass is 10.2. The number of unbranched alkanes of at least 4 members (excludes halogenated alkanes) is 1. The minimum absolute atomic E-state index is 0.000866. The van der Waals surface area contributed by atoms with Gasteiger partial charge in [-0.25, -0.2) is 0 Å². The molecule has 0 spiro atoms. The third-order valence-corrected chi connectivity index (χ3v) is 9.84. The highest BCUT2D eigenvalue weighted by atomic mass is 28.4. The quantitative estimate of drug-likeness (QED) is 0.272. The molecule has 2 aromatic rings. The third-order valence-electron chi connectivity index (χ3n) is 4.80. The molecule has 0 atom stereocenters. The van der Waals surface area contributed by atoms with Gasteiger partial charge < -0.3 is 9.16 Å². The molecule has 0 aromatic heterocycles. The van der Waals surface area contributed by atoms with E-state index in [0.29, 0.717) is 13.2 Å². The molecular weight excluding hydrogens is 364 g/mol. The maximum atomic E-state index is 10.8. The Morgan fingerprint density at radius 2 is 1.46 bits per heavy atom. The van der Waals surface area contributed by atoms with E-state index in [4.69, 9.17) is 9.16 Å². The first kappa shape index (κ1) is 22.1. The zero-order valence-corrected chi connectivity index (χ0v) is 18.5. The van der Waals surface area contributed by atoms with Crippen LogP contribution in [0.1, 0.15) is 40.5 Å². The number of ether oxygens (including phenoxy) is 1. The number of esters is 1. The number of rotatable bonds is 9. The van der Waals surface area contributed by atoms with E-state index in [0.717, 1.165) is 12.8 Å². The Morgan fingerprint density at radius 1 is 0.929 bits per heavy atom. The standard InChI is InChI=1S/C24H32O3Si/c1-21(25)26-19-13-5-6-14-20-27-28(24(2,3)4,22-15-9-7-10-16-22)23-17-11-8-12-18-23/h5,7-13,15-18H,6,14,19-20H2,1-4H3/b13-5+. The van der Waals surface area contributed by atoms with Gasteiger partial charge in [-0.3, -0.25) is 4.79 Å². The Balaban J connectivity index is 2.17. The van der Waals surface area contributed by atoms with Crippen LogP contribution in [0.15, 0.2) is 72.8 Å². The summed E-state index contributed by atoms with van der Waals surface area (Å²) < 4.78 is 11.7. The van der Waals surface area contributed by atoms with Gasteiger partial charge in [0.05, 0.1) is 0 Å². The molecule has 0 bridgehead atoms. The summed E-state index contributed by atoms with van der Waals surface area (Å²) in [6.07, 6.45) is 5.78. The van der Waals surface area contributed by atoms with Crippen LogP contribution >= 0.6 is 0 Å². The molecule has 4 heteroatoms. The molecule has 0 saturated carbocycles. The second kappa shape index (κ2) is 10.4. The lowest BCUT2D eigenvalue weighted by Gasteiger charge is -2.43. The largest absolute Gasteiger partial charge is 0.462 e. The minimum Gasteiger partial charge on any atom is -0.462 e. The van der Waals surface area contributed by atoms with Crippen molar-refractivity contribution in [2.45, 2.75) is 45.6 Å². The van der Waals surface area contributed by atoms with Crippen molar-refractivity contribution in [2.24, 2.45) is 0 Å². The summed E-state index contributed by atoms with van der Waals surface area (Å²) in [5.74, 6) is -0.250. The fourth-order valence-corrected chi connectivity index (χ4v) is 8.15. The third kappa shape index (κ3) is 5.66. The van der Waals surface area contributed by atoms with Gasteiger partial charge in [-0.2, -0.15) is 0 Å². The average Bonchev–Trinajstić information content (AvgIpc) is 2.67. The van der Waals surface area contributed by atoms with Crippen LogP contribution in [0.4, 0.5) is 0 Å². The molecule has 0 heterocycles. The smallest absolute Gasteiger partial charge is 0.302 e. The van der Waals surface area contributed by atoms with Crippen LogP contribution in [0.5, 0.6) is 0 Å². The summed E-state index contributed by atoms with van der Waals surface area (Å²) in [7, 11) is -2.43. The average molecular weight is 397 g/mol. The van der Waals surface area contributed by atoms with Crippen LogP contribution in [-0.4, -0.2) is 27.5 Å². The number of hydrogen-bond acceptors (Lipinski definition) is 3. The summed E-state index contributed by atoms with van der Waals surface area (Å²) in [6, 6.07) is 21.4. The van der Waals surface area contributed by atoms with E-state index in [2.05, 4.69) is 87.5 Å². The van der Waals surface area contributed by atoms with E-state index < -0.39 is 8.32 Å². The fraction of sp³-hybridized carbons (Fsp3) is 0.375. The van der Waals surface area contributed by atoms with Gasteiger partial charge in [0.2, 0.25) is 0 Å². The first-order chi connectivity index (χ1) is 13.4. The van der Waals surface area contributed by atoms with Crippen LogP contribution in [0.3, 0.4) is 0 Å². The molecule has 0 aliphatic carbocycles. The Bertz CT molecular complexity index is 709. The lowest BCUT2D eigenvalue weighted by molar-refractivity contribution is -0.139. The Morgan fingerprint density at radius 3 is 1.93 bits per heavy atom. The second-order valence-corrected chi connectivity index (χ2v) is 12.2. The number of hydrogen-bond donors (Lipinski definition) is 0. The maximum absolute atomic E-state index is 10.8. The van der Waals surface area contributed by atoms with Gasteiger partial charge in [-0.15, -0.1) is 0 Å². The van der Waals surface area contributed by atoms with Crippen molar-refractivity contribution >= 4 is 24.7 Å². The monoisotopic (exact) mass is 396 g/mol. The molecule has 0 saturated heterocycles. The van der Waals surface area contributed by atoms with E-state index in [1.54, 1.807) is 0 Å². The van der Waals surface area contributed by atoms with Gasteiger partial charge >= 0.3 is 5.97 Å². The number of carbonyl (C=O) groups is 1. The van der Waals surface area contributed by atoms with Gasteiger partial charge in [-0.05, 0) is 28.3 Å². The van der Waals surface area contributed by atoms with E-state index in [9.17, 15) is 4.79 Å². The predicted molar refractivity (Wildman–Crippen MR) is 119 cm³/mol. The topological polar surface area (TPSA) is 35.5 Å². The van der Waals surface area contributed by atoms with Crippen LogP contribution in [0.2, 0.25) is 5.04 Å². The van der Waals surface area contributed by atoms with Gasteiger partial charge in [0.15, 0.2) is 0 Å². The van der Waals surface area contributed by atoms with Crippen LogP contribution < -0.4 is 10.4 Å². The van der Waals surface area contributed by atoms with E-state index in [-0.39, 0.29) is 11.0 Å². The summed E-state index contributed by atoms with van der Waals surface area (Å²) in [5.41, 5.74) is 0. The zero-order chi connectivity index (χ0) is 20.5. The van der Waals surface area contributed by atoms with E-state index in [1.165, 1.54) is 17.3 Å². The molecule has 0 N–H and O–H groups in total. The SMILES string of the molecule is CC(=O)OC/C=C/CCCO[Si](c1ccccc1)(c1ccccc1)C(C)(C)C. The number of carbonyl (C=O) groups excluding carboxylic acids is 1. The Hall–Kier alpha value is -2.17. The molecule has 0 aliphatic rings. The molecule has 0 radical (unpaired) electrons. The Kier molecular flexibility index (Phi) is 8.21. The maximum Gasteiger partial charge on any atom is 0.302 e. The van der Waals surface area contributed by atoms with Gasteiger partial charge in [0.1, 0.15) is 6.61 Å². The molecule has 150 valence electrons. The normalized spacial score (nSPS) is 12.3. The van der Waals surface area contributed by atoms with Crippen molar-refractivity contribution < 1.29 is 14.0 Å². The first-order valence-electron chi connectivity index (χ1n) is 9.91. The Labute approximate surface area is 170 Å². The molecule has 28 heavy (non-hydrogen) atoms. The van der Waals surface area contributed by atoms with Crippen LogP contribution in [0.25, 0.3) is 0 Å². The van der Waals surface area contributed by atoms with Gasteiger partial charge in [-0.1, -0.05) is 93.6 Å². The summed E-state index contributed by atoms with van der Waals surface area (Å²) >= 11 is 0. The van der Waals surface area contributed by atoms with Crippen LogP contribution in [-0.2, 0) is 14.0 Å². The highest BCUT2D eigenvalue weighted by Crippen LogP contribution is 2.36. The molecule has 0 fully saturated rings. The van der Waals surface area contributed by atoms with Gasteiger partial charge in [0, 0.05) is 13.5 Å². The highest BCUT2D eigenvalue weighted by Gasteiger charge is 2.49. The summed E-state index contributed by atoms with van der Waals surface area (Å²) in [4.78, 5) is 10.8. The minimum atomic E-state index is -2.43. The van der Waals surface area contributed by atoms with Crippen LogP contribution in [0, 0.1) is 0 Å². The predicted octanol–water partition coefficient (Wildman–Crippen LogP) is 4.46. The molecule has 3 nitrogen and oxygen atoms in total. The highest BCUT2D eigenvalue weighted by molar-refractivity contribution is 6.99. The zero-order valence-electron chi connectivity index (χ0n) is 17.5. The van der Waals surface area contributed by atoms with Crippen molar-refractivity contribution in [3.8, 4) is 0 Å². The molecule has 2 rings (SSSR count). The first-order valence-corrected chi connectivity index (χ1v) is 11.8. The van der Waals surface area contributed by atoms with Gasteiger partial charge in [0.25, 0.3) is 8.32 Å². The molecule has 2 aromatic carbocycles. The van der Waals surface area contributed by atoms with Crippen molar-refractivity contribution in [3.05, 3.63) is 72.8 Å². The summed E-state index contributed by atoms with van der Waals surface area (Å²) in [5, 5.41) is 2.61. The molecule has 0 unspecified atom stereocenters. The number of benzene rings is 2. The lowest BCUT2D eigenvalue weighted by Crippen LogP contribution is -2.66. The number of allylic oxidation sites excluding steroid dienone is 1. The van der Waals surface area contributed by atoms with E-state index >= 15 is 0 Å². The fourth-order valence-electron chi connectivity index (χ4n) is 3.54. The van der Waals surface area contributed by atoms with Crippen molar-refractivity contribution in [1.29, 1.82) is 0 Å². The molecule has 0 aliphatic heterocycles. The molecule has 0 amide bonds. The second-order valence-electron chi connectivity index (χ2n) is 7.93. The van der Waals surface area contributed by atoms with Crippen molar-refractivity contribution in [3.63, 3.8) is 0 Å². The van der Waals surface area contributed by atoms with Crippen molar-refractivity contribution in [2.75, 3.05) is 13.2 Å². The summed E-state index contributed by atoms with van der Waals surface area (Å²) in [6.45, 7) is 9.33. The van der Waals surface area contributed by atoms with Crippen molar-refractivity contribution in [1.82, 2.24) is 0 Å².